The Morgan fingerprint density at radius 2 is 0.894 bits per heavy atom. The fraction of sp³-hybridized carbons (Fsp3) is 0. The summed E-state index contributed by atoms with van der Waals surface area (Å²) in [5.74, 6) is 0. The molecule has 0 spiro atoms. The third-order valence-corrected chi connectivity index (χ3v) is 9.81. The molecular formula is C43H26AlN3. The van der Waals surface area contributed by atoms with Gasteiger partial charge in [0.2, 0.25) is 0 Å². The Labute approximate surface area is 280 Å². The molecule has 7 aromatic carbocycles. The summed E-state index contributed by atoms with van der Waals surface area (Å²) < 4.78 is 5.72. The molecular weight excluding hydrogens is 585 g/mol. The molecule has 216 valence electrons. The van der Waals surface area contributed by atoms with Crippen molar-refractivity contribution >= 4 is 64.3 Å². The smallest absolute Gasteiger partial charge is 0.179 e. The molecule has 47 heavy (non-hydrogen) atoms. The average Bonchev–Trinajstić information content (AvgIpc) is 3.64. The zero-order chi connectivity index (χ0) is 31.5. The van der Waals surface area contributed by atoms with Crippen molar-refractivity contribution in [1.29, 1.82) is 5.26 Å². The minimum Gasteiger partial charge on any atom is -0.311 e. The predicted molar refractivity (Wildman–Crippen MR) is 196 cm³/mol. The number of fused-ring (bicyclic) bond motifs is 6. The van der Waals surface area contributed by atoms with Crippen LogP contribution in [0.15, 0.2) is 158 Å². The largest absolute Gasteiger partial charge is 0.311 e. The van der Waals surface area contributed by atoms with E-state index in [9.17, 15) is 5.26 Å². The molecule has 2 aromatic heterocycles. The van der Waals surface area contributed by atoms with Crippen molar-refractivity contribution in [2.45, 2.75) is 0 Å². The van der Waals surface area contributed by atoms with Crippen molar-refractivity contribution in [3.05, 3.63) is 163 Å². The van der Waals surface area contributed by atoms with Gasteiger partial charge in [0.15, 0.2) is 16.3 Å². The fourth-order valence-electron chi connectivity index (χ4n) is 7.15. The van der Waals surface area contributed by atoms with Gasteiger partial charge in [0, 0.05) is 27.2 Å². The number of rotatable bonds is 4. The van der Waals surface area contributed by atoms with E-state index in [1.807, 2.05) is 6.07 Å². The monoisotopic (exact) mass is 611 g/mol. The highest BCUT2D eigenvalue weighted by atomic mass is 27.0. The van der Waals surface area contributed by atoms with Crippen molar-refractivity contribution < 1.29 is 0 Å². The zero-order valence-electron chi connectivity index (χ0n) is 25.4. The number of para-hydroxylation sites is 3. The number of hydrogen-bond donors (Lipinski definition) is 0. The second kappa shape index (κ2) is 10.9. The first kappa shape index (κ1) is 27.5. The van der Waals surface area contributed by atoms with E-state index in [1.165, 1.54) is 32.7 Å². The second-order valence-corrected chi connectivity index (χ2v) is 12.6. The lowest BCUT2D eigenvalue weighted by Gasteiger charge is -2.13. The SMILES string of the molecule is N#Cc1cc(-c2ccc3c(c2)c2cc(-c4ccccc4)ccc2n3-c2cccc[c]2[Al])ccc1-n1c2ccccc2c2ccccc21. The summed E-state index contributed by atoms with van der Waals surface area (Å²) in [7, 11) is 0. The molecule has 0 saturated carbocycles. The molecule has 0 fully saturated rings. The van der Waals surface area contributed by atoms with Crippen LogP contribution in [0, 0.1) is 11.3 Å². The van der Waals surface area contributed by atoms with Crippen LogP contribution < -0.4 is 4.43 Å². The van der Waals surface area contributed by atoms with Crippen molar-refractivity contribution in [1.82, 2.24) is 9.13 Å². The van der Waals surface area contributed by atoms with Crippen LogP contribution in [0.2, 0.25) is 0 Å². The first-order chi connectivity index (χ1) is 23.2. The van der Waals surface area contributed by atoms with Gasteiger partial charge in [-0.15, -0.1) is 4.43 Å². The summed E-state index contributed by atoms with van der Waals surface area (Å²) in [6.07, 6.45) is 0. The van der Waals surface area contributed by atoms with Crippen LogP contribution in [0.25, 0.3) is 77.2 Å². The van der Waals surface area contributed by atoms with Crippen molar-refractivity contribution in [3.8, 4) is 39.7 Å². The van der Waals surface area contributed by atoms with Crippen LogP contribution in [0.4, 0.5) is 0 Å². The van der Waals surface area contributed by atoms with Gasteiger partial charge in [-0.25, -0.2) is 0 Å². The maximum atomic E-state index is 10.5. The van der Waals surface area contributed by atoms with Crippen LogP contribution in [0.3, 0.4) is 0 Å². The molecule has 0 unspecified atom stereocenters. The number of benzene rings is 7. The van der Waals surface area contributed by atoms with E-state index in [0.29, 0.717) is 5.56 Å². The molecule has 2 radical (unpaired) electrons. The quantitative estimate of drug-likeness (QED) is 0.182. The maximum absolute atomic E-state index is 10.5. The standard InChI is InChI=1S/C43H26N3.Al/c44-28-33-25-30(19-22-39(33)46-40-17-9-7-15-35(40)36-16-8-10-18-41(36)46)32-21-24-43-38(27-32)37-26-31(29-11-3-1-4-12-29)20-23-42(37)45(43)34-13-5-2-6-14-34;/h1-13,15-27H;. The van der Waals surface area contributed by atoms with Gasteiger partial charge in [-0.05, 0) is 76.9 Å². The van der Waals surface area contributed by atoms with Gasteiger partial charge in [-0.2, -0.15) is 5.26 Å². The van der Waals surface area contributed by atoms with Gasteiger partial charge in [-0.1, -0.05) is 103 Å². The Hall–Kier alpha value is -5.84. The number of nitriles is 1. The van der Waals surface area contributed by atoms with Gasteiger partial charge >= 0.3 is 0 Å². The molecule has 4 heteroatoms. The van der Waals surface area contributed by atoms with Crippen LogP contribution in [0.5, 0.6) is 0 Å². The van der Waals surface area contributed by atoms with Crippen molar-refractivity contribution in [2.24, 2.45) is 0 Å². The lowest BCUT2D eigenvalue weighted by molar-refractivity contribution is 1.17. The maximum Gasteiger partial charge on any atom is 0.179 e. The number of aromatic nitrogens is 2. The van der Waals surface area contributed by atoms with E-state index in [1.54, 1.807) is 0 Å². The Morgan fingerprint density at radius 1 is 0.404 bits per heavy atom. The highest BCUT2D eigenvalue weighted by Crippen LogP contribution is 2.38. The summed E-state index contributed by atoms with van der Waals surface area (Å²) in [6.45, 7) is 0. The molecule has 0 aliphatic heterocycles. The highest BCUT2D eigenvalue weighted by Gasteiger charge is 2.18. The summed E-state index contributed by atoms with van der Waals surface area (Å²) in [4.78, 5) is 0. The van der Waals surface area contributed by atoms with Crippen LogP contribution in [-0.2, 0) is 0 Å². The molecule has 0 N–H and O–H groups in total. The molecule has 3 nitrogen and oxygen atoms in total. The van der Waals surface area contributed by atoms with Gasteiger partial charge in [0.1, 0.15) is 6.07 Å². The van der Waals surface area contributed by atoms with Gasteiger partial charge in [0.05, 0.1) is 33.3 Å². The molecule has 0 amide bonds. The predicted octanol–water partition coefficient (Wildman–Crippen LogP) is 9.88. The lowest BCUT2D eigenvalue weighted by atomic mass is 9.99. The molecule has 9 rings (SSSR count). The summed E-state index contributed by atoms with van der Waals surface area (Å²) in [6, 6.07) is 58.1. The Balaban J connectivity index is 1.25. The second-order valence-electron chi connectivity index (χ2n) is 11.9. The summed E-state index contributed by atoms with van der Waals surface area (Å²) >= 11 is 2.90. The Bertz CT molecular complexity index is 2650. The summed E-state index contributed by atoms with van der Waals surface area (Å²) in [5, 5.41) is 15.2. The van der Waals surface area contributed by atoms with E-state index in [2.05, 4.69) is 183 Å². The molecule has 0 aliphatic carbocycles. The number of nitrogens with zero attached hydrogens (tertiary/aromatic N) is 3. The van der Waals surface area contributed by atoms with Crippen LogP contribution >= 0.6 is 0 Å². The van der Waals surface area contributed by atoms with Gasteiger partial charge in [-0.3, -0.25) is 0 Å². The van der Waals surface area contributed by atoms with Crippen molar-refractivity contribution in [2.75, 3.05) is 0 Å². The average molecular weight is 612 g/mol. The minimum atomic E-state index is 0.639. The Kier molecular flexibility index (Phi) is 6.37. The molecule has 2 heterocycles. The zero-order valence-corrected chi connectivity index (χ0v) is 26.6. The van der Waals surface area contributed by atoms with Crippen molar-refractivity contribution in [3.63, 3.8) is 0 Å². The van der Waals surface area contributed by atoms with E-state index in [4.69, 9.17) is 0 Å². The normalized spacial score (nSPS) is 11.5. The van der Waals surface area contributed by atoms with E-state index in [-0.39, 0.29) is 0 Å². The fourth-order valence-corrected chi connectivity index (χ4v) is 7.48. The third kappa shape index (κ3) is 4.33. The van der Waals surface area contributed by atoms with E-state index in [0.717, 1.165) is 49.0 Å². The topological polar surface area (TPSA) is 33.6 Å². The van der Waals surface area contributed by atoms with E-state index < -0.39 is 0 Å². The first-order valence-electron chi connectivity index (χ1n) is 15.7. The third-order valence-electron chi connectivity index (χ3n) is 9.32. The van der Waals surface area contributed by atoms with E-state index >= 15 is 0 Å². The first-order valence-corrected chi connectivity index (χ1v) is 16.3. The Morgan fingerprint density at radius 3 is 1.53 bits per heavy atom. The van der Waals surface area contributed by atoms with Crippen LogP contribution in [0.1, 0.15) is 5.56 Å². The number of hydrogen-bond acceptors (Lipinski definition) is 1. The molecule has 0 atom stereocenters. The highest BCUT2D eigenvalue weighted by molar-refractivity contribution is 6.35. The van der Waals surface area contributed by atoms with Gasteiger partial charge < -0.3 is 9.13 Å². The molecule has 0 saturated heterocycles. The lowest BCUT2D eigenvalue weighted by Crippen LogP contribution is -2.11. The summed E-state index contributed by atoms with van der Waals surface area (Å²) in [5.41, 5.74) is 11.6. The molecule has 0 aliphatic rings. The van der Waals surface area contributed by atoms with Gasteiger partial charge in [0.25, 0.3) is 0 Å². The molecule has 0 bridgehead atoms. The minimum absolute atomic E-state index is 0.639. The molecule has 9 aromatic rings. The van der Waals surface area contributed by atoms with Crippen LogP contribution in [-0.4, -0.2) is 25.4 Å².